The van der Waals surface area contributed by atoms with E-state index >= 15 is 0 Å². The van der Waals surface area contributed by atoms with Gasteiger partial charge in [0.2, 0.25) is 5.91 Å². The molecule has 8 nitrogen and oxygen atoms in total. The smallest absolute Gasteiger partial charge is 0.322 e. The number of hydrogen-bond donors (Lipinski definition) is 2. The number of nitrogens with one attached hydrogen (secondary N) is 2. The second-order valence-electron chi connectivity index (χ2n) is 7.51. The largest absolute Gasteiger partial charge is 0.383 e. The van der Waals surface area contributed by atoms with E-state index in [1.165, 1.54) is 9.80 Å². The molecule has 4 amide bonds. The van der Waals surface area contributed by atoms with Crippen molar-refractivity contribution in [2.45, 2.75) is 19.9 Å². The Labute approximate surface area is 176 Å². The molecule has 160 valence electrons. The van der Waals surface area contributed by atoms with Gasteiger partial charge in [0.05, 0.1) is 30.5 Å². The average Bonchev–Trinajstić information content (AvgIpc) is 3.00. The predicted octanol–water partition coefficient (Wildman–Crippen LogP) is 1.41. The van der Waals surface area contributed by atoms with E-state index in [0.29, 0.717) is 24.4 Å². The molecule has 0 aromatic heterocycles. The van der Waals surface area contributed by atoms with Crippen LogP contribution >= 0.6 is 0 Å². The molecular weight excluding hydrogens is 384 g/mol. The Hall–Kier alpha value is -3.13. The number of urea groups is 1. The van der Waals surface area contributed by atoms with Crippen LogP contribution < -0.4 is 10.6 Å². The highest BCUT2D eigenvalue weighted by Gasteiger charge is 2.44. The Morgan fingerprint density at radius 1 is 1.37 bits per heavy atom. The van der Waals surface area contributed by atoms with E-state index in [9.17, 15) is 14.4 Å². The number of carbonyl (C=O) groups is 3. The number of hydrogen-bond acceptors (Lipinski definition) is 4. The van der Waals surface area contributed by atoms with Gasteiger partial charge in [0.1, 0.15) is 6.54 Å². The van der Waals surface area contributed by atoms with Gasteiger partial charge in [-0.2, -0.15) is 0 Å². The first kappa shape index (κ1) is 21.6. The number of ether oxygens (including phenoxy) is 1. The second kappa shape index (κ2) is 9.13. The van der Waals surface area contributed by atoms with E-state index in [4.69, 9.17) is 4.74 Å². The number of carbonyl (C=O) groups excluding carboxylic acids is 3. The molecule has 1 unspecified atom stereocenters. The lowest BCUT2D eigenvalue weighted by molar-refractivity contribution is -0.132. The Bertz CT molecular complexity index is 908. The average molecular weight is 412 g/mol. The fourth-order valence-corrected chi connectivity index (χ4v) is 3.90. The third kappa shape index (κ3) is 4.23. The molecule has 0 spiro atoms. The molecule has 1 aromatic carbocycles. The standard InChI is InChI=1S/C22H28N4O4/c1-5-9-26-17-12-25(13-18(27)23-8-10-30-4)21(28)19(17)20(24-22(26)29)16-7-6-14(2)11-15(16)3/h5-7,11,20H,1,8-10,12-13H2,2-4H3,(H,23,27)(H,24,29). The SMILES string of the molecule is C=CCN1C(=O)NC(c2ccc(C)cc2C)C2=C1CN(CC(=O)NCCOC)C2=O. The van der Waals surface area contributed by atoms with Crippen LogP contribution in [0.3, 0.4) is 0 Å². The molecule has 1 aromatic rings. The first-order valence-corrected chi connectivity index (χ1v) is 9.91. The number of aryl methyl sites for hydroxylation is 2. The molecule has 0 saturated heterocycles. The van der Waals surface area contributed by atoms with Gasteiger partial charge in [0, 0.05) is 20.2 Å². The molecule has 2 heterocycles. The molecule has 3 rings (SSSR count). The normalized spacial score (nSPS) is 18.4. The minimum Gasteiger partial charge on any atom is -0.383 e. The zero-order valence-electron chi connectivity index (χ0n) is 17.7. The molecule has 30 heavy (non-hydrogen) atoms. The summed E-state index contributed by atoms with van der Waals surface area (Å²) in [4.78, 5) is 41.3. The van der Waals surface area contributed by atoms with Crippen molar-refractivity contribution < 1.29 is 19.1 Å². The van der Waals surface area contributed by atoms with Gasteiger partial charge in [0.15, 0.2) is 0 Å². The maximum Gasteiger partial charge on any atom is 0.322 e. The van der Waals surface area contributed by atoms with Crippen LogP contribution in [0, 0.1) is 13.8 Å². The fourth-order valence-electron chi connectivity index (χ4n) is 3.90. The lowest BCUT2D eigenvalue weighted by atomic mass is 9.91. The number of nitrogens with zero attached hydrogens (tertiary/aromatic N) is 2. The van der Waals surface area contributed by atoms with E-state index in [1.807, 2.05) is 32.0 Å². The van der Waals surface area contributed by atoms with Crippen molar-refractivity contribution in [3.8, 4) is 0 Å². The van der Waals surface area contributed by atoms with Crippen LogP contribution in [0.5, 0.6) is 0 Å². The first-order chi connectivity index (χ1) is 14.4. The number of amides is 4. The quantitative estimate of drug-likeness (QED) is 0.499. The highest BCUT2D eigenvalue weighted by atomic mass is 16.5. The van der Waals surface area contributed by atoms with Gasteiger partial charge in [-0.25, -0.2) is 4.79 Å². The Balaban J connectivity index is 1.91. The topological polar surface area (TPSA) is 91.0 Å². The number of rotatable bonds is 8. The van der Waals surface area contributed by atoms with Gasteiger partial charge in [0.25, 0.3) is 5.91 Å². The summed E-state index contributed by atoms with van der Waals surface area (Å²) in [7, 11) is 1.56. The Kier molecular flexibility index (Phi) is 6.56. The summed E-state index contributed by atoms with van der Waals surface area (Å²) < 4.78 is 4.93. The number of methoxy groups -OCH3 is 1. The highest BCUT2D eigenvalue weighted by Crippen LogP contribution is 2.37. The van der Waals surface area contributed by atoms with Gasteiger partial charge >= 0.3 is 6.03 Å². The molecule has 1 atom stereocenters. The van der Waals surface area contributed by atoms with Crippen LogP contribution in [-0.4, -0.2) is 67.5 Å². The molecule has 0 saturated carbocycles. The second-order valence-corrected chi connectivity index (χ2v) is 7.51. The maximum atomic E-state index is 13.3. The molecule has 0 aliphatic carbocycles. The van der Waals surface area contributed by atoms with Crippen LogP contribution in [-0.2, 0) is 14.3 Å². The van der Waals surface area contributed by atoms with Gasteiger partial charge in [-0.05, 0) is 25.0 Å². The predicted molar refractivity (Wildman–Crippen MR) is 113 cm³/mol. The molecule has 2 aliphatic rings. The monoisotopic (exact) mass is 412 g/mol. The van der Waals surface area contributed by atoms with Crippen LogP contribution in [0.1, 0.15) is 22.7 Å². The Morgan fingerprint density at radius 2 is 2.13 bits per heavy atom. The lowest BCUT2D eigenvalue weighted by Gasteiger charge is -2.33. The van der Waals surface area contributed by atoms with Crippen LogP contribution in [0.4, 0.5) is 4.79 Å². The summed E-state index contributed by atoms with van der Waals surface area (Å²) >= 11 is 0. The van der Waals surface area contributed by atoms with Crippen molar-refractivity contribution in [2.24, 2.45) is 0 Å². The van der Waals surface area contributed by atoms with Crippen molar-refractivity contribution >= 4 is 17.8 Å². The summed E-state index contributed by atoms with van der Waals surface area (Å²) in [5.41, 5.74) is 4.10. The van der Waals surface area contributed by atoms with Gasteiger partial charge in [-0.1, -0.05) is 29.8 Å². The fraction of sp³-hybridized carbons (Fsp3) is 0.409. The molecule has 2 aliphatic heterocycles. The zero-order valence-corrected chi connectivity index (χ0v) is 17.7. The molecule has 2 N–H and O–H groups in total. The minimum atomic E-state index is -0.553. The van der Waals surface area contributed by atoms with Crippen molar-refractivity contribution in [1.29, 1.82) is 0 Å². The Morgan fingerprint density at radius 3 is 2.80 bits per heavy atom. The van der Waals surface area contributed by atoms with E-state index in [0.717, 1.165) is 16.7 Å². The summed E-state index contributed by atoms with van der Waals surface area (Å²) in [6.07, 6.45) is 1.62. The van der Waals surface area contributed by atoms with Crippen LogP contribution in [0.2, 0.25) is 0 Å². The summed E-state index contributed by atoms with van der Waals surface area (Å²) in [6.45, 7) is 8.85. The van der Waals surface area contributed by atoms with E-state index in [2.05, 4.69) is 17.2 Å². The first-order valence-electron chi connectivity index (χ1n) is 9.91. The summed E-state index contributed by atoms with van der Waals surface area (Å²) in [6, 6.07) is 5.10. The third-order valence-corrected chi connectivity index (χ3v) is 5.31. The van der Waals surface area contributed by atoms with Crippen molar-refractivity contribution in [2.75, 3.05) is 39.9 Å². The molecule has 8 heteroatoms. The van der Waals surface area contributed by atoms with Crippen molar-refractivity contribution in [3.05, 3.63) is 58.8 Å². The van der Waals surface area contributed by atoms with Gasteiger partial charge in [-0.15, -0.1) is 6.58 Å². The molecule has 0 fully saturated rings. The van der Waals surface area contributed by atoms with Crippen LogP contribution in [0.15, 0.2) is 42.1 Å². The minimum absolute atomic E-state index is 0.0781. The highest BCUT2D eigenvalue weighted by molar-refractivity contribution is 6.03. The third-order valence-electron chi connectivity index (χ3n) is 5.31. The molecule has 0 bridgehead atoms. The summed E-state index contributed by atoms with van der Waals surface area (Å²) in [5, 5.41) is 5.69. The maximum absolute atomic E-state index is 13.3. The van der Waals surface area contributed by atoms with E-state index in [1.54, 1.807) is 13.2 Å². The van der Waals surface area contributed by atoms with Gasteiger partial charge < -0.3 is 20.3 Å². The van der Waals surface area contributed by atoms with Crippen molar-refractivity contribution in [1.82, 2.24) is 20.4 Å². The number of benzene rings is 1. The van der Waals surface area contributed by atoms with Crippen LogP contribution in [0.25, 0.3) is 0 Å². The van der Waals surface area contributed by atoms with Crippen molar-refractivity contribution in [3.63, 3.8) is 0 Å². The van der Waals surface area contributed by atoms with Gasteiger partial charge in [-0.3, -0.25) is 14.5 Å². The van der Waals surface area contributed by atoms with E-state index in [-0.39, 0.29) is 37.5 Å². The molecule has 0 radical (unpaired) electrons. The lowest BCUT2D eigenvalue weighted by Crippen LogP contribution is -2.47. The molecular formula is C22H28N4O4. The zero-order chi connectivity index (χ0) is 21.8. The summed E-state index contributed by atoms with van der Waals surface area (Å²) in [5.74, 6) is -0.510. The van der Waals surface area contributed by atoms with E-state index < -0.39 is 6.04 Å².